The molecule has 0 bridgehead atoms. The monoisotopic (exact) mass is 336 g/mol. The molecule has 0 saturated heterocycles. The second-order valence-electron chi connectivity index (χ2n) is 7.55. The number of aliphatic hydroxyl groups is 2. The molecule has 1 unspecified atom stereocenters. The molecule has 1 fully saturated rings. The maximum absolute atomic E-state index is 9.62. The minimum Gasteiger partial charge on any atom is -0.394 e. The number of nitrogens with one attached hydrogen (secondary N) is 1. The van der Waals surface area contributed by atoms with Gasteiger partial charge in [0, 0.05) is 0 Å². The van der Waals surface area contributed by atoms with Crippen LogP contribution in [0.3, 0.4) is 0 Å². The van der Waals surface area contributed by atoms with Gasteiger partial charge in [-0.3, -0.25) is 0 Å². The summed E-state index contributed by atoms with van der Waals surface area (Å²) in [4.78, 5) is 0. The molecule has 2 rings (SSSR count). The summed E-state index contributed by atoms with van der Waals surface area (Å²) in [6, 6.07) is 8.17. The van der Waals surface area contributed by atoms with Crippen LogP contribution in [0.2, 0.25) is 0 Å². The number of hydrogen-bond acceptors (Lipinski definition) is 5. The van der Waals surface area contributed by atoms with Gasteiger partial charge < -0.3 is 21.2 Å². The summed E-state index contributed by atoms with van der Waals surface area (Å²) in [5.41, 5.74) is 9.71. The van der Waals surface area contributed by atoms with Crippen molar-refractivity contribution in [3.05, 3.63) is 35.4 Å². The Bertz CT molecular complexity index is 480. The zero-order chi connectivity index (χ0) is 17.6. The van der Waals surface area contributed by atoms with E-state index in [9.17, 15) is 15.4 Å². The molecule has 1 aromatic carbocycles. The summed E-state index contributed by atoms with van der Waals surface area (Å²) in [6.45, 7) is 1.85. The van der Waals surface area contributed by atoms with Crippen LogP contribution in [0.25, 0.3) is 0 Å². The predicted molar refractivity (Wildman–Crippen MR) is 94.6 cm³/mol. The van der Waals surface area contributed by atoms with E-state index < -0.39 is 5.54 Å². The summed E-state index contributed by atoms with van der Waals surface area (Å²) in [5.74, 6) is 1.26. The van der Waals surface area contributed by atoms with E-state index in [1.807, 2.05) is 12.1 Å². The minimum absolute atomic E-state index is 0.0185. The SMILES string of the molecule is CC1CCC(C(NO)c2ccc(CCC(N)(CO)CO)cc2)CC1. The van der Waals surface area contributed by atoms with Crippen LogP contribution in [0.15, 0.2) is 24.3 Å². The van der Waals surface area contributed by atoms with Gasteiger partial charge in [-0.15, -0.1) is 0 Å². The van der Waals surface area contributed by atoms with Crippen molar-refractivity contribution in [3.63, 3.8) is 0 Å². The highest BCUT2D eigenvalue weighted by Crippen LogP contribution is 2.36. The van der Waals surface area contributed by atoms with Crippen LogP contribution in [0.5, 0.6) is 0 Å². The lowest BCUT2D eigenvalue weighted by molar-refractivity contribution is 0.0787. The van der Waals surface area contributed by atoms with Gasteiger partial charge in [-0.1, -0.05) is 44.0 Å². The molecular weight excluding hydrogens is 304 g/mol. The first-order valence-corrected chi connectivity index (χ1v) is 9.00. The Kier molecular flexibility index (Phi) is 7.19. The fraction of sp³-hybridized carbons (Fsp3) is 0.684. The van der Waals surface area contributed by atoms with E-state index in [-0.39, 0.29) is 19.3 Å². The fourth-order valence-electron chi connectivity index (χ4n) is 3.56. The molecule has 5 heteroatoms. The average molecular weight is 336 g/mol. The maximum Gasteiger partial charge on any atom is 0.0633 e. The van der Waals surface area contributed by atoms with Crippen molar-refractivity contribution in [2.75, 3.05) is 13.2 Å². The van der Waals surface area contributed by atoms with Gasteiger partial charge in [0.05, 0.1) is 24.8 Å². The molecule has 0 aliphatic heterocycles. The first kappa shape index (κ1) is 19.3. The number of nitrogens with two attached hydrogens (primary N) is 1. The lowest BCUT2D eigenvalue weighted by Crippen LogP contribution is -2.47. The van der Waals surface area contributed by atoms with Crippen LogP contribution in [0, 0.1) is 11.8 Å². The topological polar surface area (TPSA) is 98.7 Å². The van der Waals surface area contributed by atoms with E-state index in [0.717, 1.165) is 29.9 Å². The normalized spacial score (nSPS) is 23.2. The van der Waals surface area contributed by atoms with E-state index in [0.29, 0.717) is 18.8 Å². The average Bonchev–Trinajstić information content (AvgIpc) is 2.63. The van der Waals surface area contributed by atoms with E-state index in [1.54, 1.807) is 0 Å². The summed E-state index contributed by atoms with van der Waals surface area (Å²) >= 11 is 0. The molecule has 1 aliphatic carbocycles. The van der Waals surface area contributed by atoms with Crippen molar-refractivity contribution in [2.24, 2.45) is 17.6 Å². The first-order chi connectivity index (χ1) is 11.5. The van der Waals surface area contributed by atoms with Crippen LogP contribution in [0.4, 0.5) is 0 Å². The zero-order valence-corrected chi connectivity index (χ0v) is 14.6. The second-order valence-corrected chi connectivity index (χ2v) is 7.55. The number of benzene rings is 1. The van der Waals surface area contributed by atoms with E-state index in [1.165, 1.54) is 12.8 Å². The van der Waals surface area contributed by atoms with Gasteiger partial charge in [0.2, 0.25) is 0 Å². The molecule has 1 aliphatic rings. The molecule has 0 amide bonds. The molecule has 0 spiro atoms. The molecule has 0 radical (unpaired) electrons. The summed E-state index contributed by atoms with van der Waals surface area (Å²) in [6.07, 6.45) is 5.97. The molecule has 5 nitrogen and oxygen atoms in total. The number of hydrogen-bond donors (Lipinski definition) is 5. The molecule has 1 atom stereocenters. The first-order valence-electron chi connectivity index (χ1n) is 9.00. The van der Waals surface area contributed by atoms with Crippen molar-refractivity contribution in [2.45, 2.75) is 57.0 Å². The number of aliphatic hydroxyl groups excluding tert-OH is 2. The van der Waals surface area contributed by atoms with Crippen molar-refractivity contribution < 1.29 is 15.4 Å². The predicted octanol–water partition coefficient (Wildman–Crippen LogP) is 2.15. The number of rotatable bonds is 8. The summed E-state index contributed by atoms with van der Waals surface area (Å²) in [7, 11) is 0. The van der Waals surface area contributed by atoms with E-state index in [2.05, 4.69) is 24.5 Å². The third-order valence-electron chi connectivity index (χ3n) is 5.55. The van der Waals surface area contributed by atoms with Gasteiger partial charge >= 0.3 is 0 Å². The molecule has 24 heavy (non-hydrogen) atoms. The van der Waals surface area contributed by atoms with Gasteiger partial charge in [0.15, 0.2) is 0 Å². The Morgan fingerprint density at radius 1 is 1.12 bits per heavy atom. The molecule has 1 aromatic rings. The standard InChI is InChI=1S/C19H32N2O3/c1-14-2-6-16(7-3-14)18(21-24)17-8-4-15(5-9-17)10-11-19(20,12-22)13-23/h4-5,8-9,14,16,18,21-24H,2-3,6-7,10-13,20H2,1H3. The van der Waals surface area contributed by atoms with Crippen LogP contribution < -0.4 is 11.2 Å². The quantitative estimate of drug-likeness (QED) is 0.469. The van der Waals surface area contributed by atoms with Crippen molar-refractivity contribution >= 4 is 0 Å². The highest BCUT2D eigenvalue weighted by molar-refractivity contribution is 5.26. The van der Waals surface area contributed by atoms with E-state index in [4.69, 9.17) is 5.73 Å². The Hall–Kier alpha value is -0.980. The largest absolute Gasteiger partial charge is 0.394 e. The van der Waals surface area contributed by atoms with Gasteiger partial charge in [0.1, 0.15) is 0 Å². The molecule has 136 valence electrons. The van der Waals surface area contributed by atoms with E-state index >= 15 is 0 Å². The van der Waals surface area contributed by atoms with Gasteiger partial charge in [-0.05, 0) is 48.6 Å². The van der Waals surface area contributed by atoms with Crippen molar-refractivity contribution in [1.82, 2.24) is 5.48 Å². The van der Waals surface area contributed by atoms with Gasteiger partial charge in [-0.2, -0.15) is 5.48 Å². The van der Waals surface area contributed by atoms with Crippen LogP contribution in [-0.2, 0) is 6.42 Å². The lowest BCUT2D eigenvalue weighted by Gasteiger charge is -2.32. The zero-order valence-electron chi connectivity index (χ0n) is 14.6. The molecule has 0 heterocycles. The molecule has 1 saturated carbocycles. The highest BCUT2D eigenvalue weighted by atomic mass is 16.5. The Morgan fingerprint density at radius 2 is 1.71 bits per heavy atom. The fourth-order valence-corrected chi connectivity index (χ4v) is 3.56. The van der Waals surface area contributed by atoms with Gasteiger partial charge in [-0.25, -0.2) is 0 Å². The van der Waals surface area contributed by atoms with Crippen LogP contribution in [0.1, 0.15) is 56.2 Å². The molecular formula is C19H32N2O3. The second kappa shape index (κ2) is 8.92. The lowest BCUT2D eigenvalue weighted by atomic mass is 9.77. The Morgan fingerprint density at radius 3 is 2.21 bits per heavy atom. The van der Waals surface area contributed by atoms with Crippen LogP contribution in [-0.4, -0.2) is 34.2 Å². The minimum atomic E-state index is -0.924. The van der Waals surface area contributed by atoms with Crippen molar-refractivity contribution in [3.8, 4) is 0 Å². The third-order valence-corrected chi connectivity index (χ3v) is 5.55. The van der Waals surface area contributed by atoms with Gasteiger partial charge in [0.25, 0.3) is 0 Å². The maximum atomic E-state index is 9.62. The summed E-state index contributed by atoms with van der Waals surface area (Å²) in [5, 5.41) is 28.1. The highest BCUT2D eigenvalue weighted by Gasteiger charge is 2.27. The Labute approximate surface area is 144 Å². The number of aryl methyl sites for hydroxylation is 1. The number of hydroxylamine groups is 1. The van der Waals surface area contributed by atoms with Crippen molar-refractivity contribution in [1.29, 1.82) is 0 Å². The molecule has 0 aromatic heterocycles. The third kappa shape index (κ3) is 5.01. The summed E-state index contributed by atoms with van der Waals surface area (Å²) < 4.78 is 0. The Balaban J connectivity index is 1.97. The van der Waals surface area contributed by atoms with Crippen LogP contribution >= 0.6 is 0 Å². The smallest absolute Gasteiger partial charge is 0.0633 e. The molecule has 6 N–H and O–H groups in total.